The molecule has 0 aliphatic rings. The fraction of sp³-hybridized carbons (Fsp3) is 0.536. The molecule has 1 N–H and O–H groups in total. The van der Waals surface area contributed by atoms with E-state index in [2.05, 4.69) is 31.2 Å². The molecule has 0 aromatic heterocycles. The third kappa shape index (κ3) is 14.5. The van der Waals surface area contributed by atoms with E-state index >= 15 is 0 Å². The van der Waals surface area contributed by atoms with E-state index in [-0.39, 0.29) is 11.7 Å². The summed E-state index contributed by atoms with van der Waals surface area (Å²) in [5, 5.41) is 9.58. The second-order valence-electron chi connectivity index (χ2n) is 8.02. The Labute approximate surface area is 195 Å². The molecule has 0 atom stereocenters. The molecule has 0 fully saturated rings. The molecule has 0 saturated carbocycles. The molecule has 0 heterocycles. The van der Waals surface area contributed by atoms with Crippen LogP contribution in [0.5, 0.6) is 11.5 Å². The second-order valence-corrected chi connectivity index (χ2v) is 8.02. The van der Waals surface area contributed by atoms with E-state index in [0.29, 0.717) is 12.4 Å². The summed E-state index contributed by atoms with van der Waals surface area (Å²) in [6.45, 7) is 2.69. The average Bonchev–Trinajstić information content (AvgIpc) is 2.80. The number of ether oxygens (including phenoxy) is 2. The molecule has 0 bridgehead atoms. The maximum atomic E-state index is 11.8. The number of benzene rings is 1. The summed E-state index contributed by atoms with van der Waals surface area (Å²) >= 11 is 0. The van der Waals surface area contributed by atoms with Gasteiger partial charge in [-0.25, -0.2) is 4.79 Å². The van der Waals surface area contributed by atoms with E-state index in [0.717, 1.165) is 24.8 Å². The Morgan fingerprint density at radius 1 is 0.906 bits per heavy atom. The molecule has 1 rings (SSSR count). The number of phenols is 1. The zero-order valence-electron chi connectivity index (χ0n) is 20.1. The van der Waals surface area contributed by atoms with Crippen LogP contribution in [0.2, 0.25) is 0 Å². The van der Waals surface area contributed by atoms with Crippen LogP contribution in [0.25, 0.3) is 6.08 Å². The zero-order valence-corrected chi connectivity index (χ0v) is 20.1. The first-order valence-electron chi connectivity index (χ1n) is 12.2. The molecule has 0 radical (unpaired) electrons. The van der Waals surface area contributed by atoms with Crippen molar-refractivity contribution in [1.29, 1.82) is 0 Å². The lowest BCUT2D eigenvalue weighted by molar-refractivity contribution is -0.137. The van der Waals surface area contributed by atoms with Gasteiger partial charge in [0.05, 0.1) is 13.7 Å². The molecule has 0 aliphatic carbocycles. The van der Waals surface area contributed by atoms with E-state index < -0.39 is 0 Å². The number of allylic oxidation sites excluding steroid dienone is 4. The number of hydrogen-bond donors (Lipinski definition) is 1. The van der Waals surface area contributed by atoms with Gasteiger partial charge in [-0.2, -0.15) is 0 Å². The largest absolute Gasteiger partial charge is 0.504 e. The number of phenolic OH excluding ortho intramolecular Hbond substituents is 1. The highest BCUT2D eigenvalue weighted by Gasteiger charge is 2.02. The summed E-state index contributed by atoms with van der Waals surface area (Å²) < 4.78 is 10.3. The van der Waals surface area contributed by atoms with Crippen molar-refractivity contribution in [1.82, 2.24) is 0 Å². The van der Waals surface area contributed by atoms with Gasteiger partial charge >= 0.3 is 5.97 Å². The highest BCUT2D eigenvalue weighted by molar-refractivity contribution is 5.87. The lowest BCUT2D eigenvalue weighted by atomic mass is 10.1. The highest BCUT2D eigenvalue weighted by atomic mass is 16.5. The number of hydrogen-bond acceptors (Lipinski definition) is 4. The second kappa shape index (κ2) is 19.2. The van der Waals surface area contributed by atoms with Crippen LogP contribution in [-0.4, -0.2) is 24.8 Å². The molecule has 0 aliphatic heterocycles. The Morgan fingerprint density at radius 3 is 2.25 bits per heavy atom. The summed E-state index contributed by atoms with van der Waals surface area (Å²) in [5.74, 6) is 0.103. The lowest BCUT2D eigenvalue weighted by Gasteiger charge is -2.04. The van der Waals surface area contributed by atoms with Crippen LogP contribution < -0.4 is 4.74 Å². The normalized spacial score (nSPS) is 11.7. The number of methoxy groups -OCH3 is 1. The van der Waals surface area contributed by atoms with Crippen LogP contribution in [0.1, 0.15) is 89.5 Å². The van der Waals surface area contributed by atoms with Gasteiger partial charge in [0.1, 0.15) is 0 Å². The molecular weight excluding hydrogens is 400 g/mol. The van der Waals surface area contributed by atoms with Gasteiger partial charge in [0.15, 0.2) is 11.5 Å². The van der Waals surface area contributed by atoms with Crippen LogP contribution in [0, 0.1) is 0 Å². The zero-order chi connectivity index (χ0) is 23.3. The number of esters is 1. The fourth-order valence-electron chi connectivity index (χ4n) is 3.27. The summed E-state index contributed by atoms with van der Waals surface area (Å²) in [5.41, 5.74) is 0.769. The maximum absolute atomic E-state index is 11.8. The first-order chi connectivity index (χ1) is 15.7. The van der Waals surface area contributed by atoms with Gasteiger partial charge in [-0.3, -0.25) is 0 Å². The van der Waals surface area contributed by atoms with Crippen LogP contribution in [-0.2, 0) is 9.53 Å². The molecule has 0 spiro atoms. The minimum atomic E-state index is -0.348. The molecule has 1 aromatic carbocycles. The Kier molecular flexibility index (Phi) is 16.5. The summed E-state index contributed by atoms with van der Waals surface area (Å²) in [4.78, 5) is 11.8. The van der Waals surface area contributed by atoms with Crippen molar-refractivity contribution in [3.05, 3.63) is 54.1 Å². The Balaban J connectivity index is 1.96. The molecule has 4 nitrogen and oxygen atoms in total. The van der Waals surface area contributed by atoms with Crippen molar-refractivity contribution in [3.63, 3.8) is 0 Å². The van der Waals surface area contributed by atoms with Gasteiger partial charge < -0.3 is 14.6 Å². The molecule has 32 heavy (non-hydrogen) atoms. The number of rotatable bonds is 18. The number of carbonyl (C=O) groups is 1. The van der Waals surface area contributed by atoms with Gasteiger partial charge in [0.2, 0.25) is 0 Å². The third-order valence-electron chi connectivity index (χ3n) is 5.20. The molecular formula is C28H42O4. The molecule has 0 saturated heterocycles. The van der Waals surface area contributed by atoms with Gasteiger partial charge in [-0.15, -0.1) is 0 Å². The predicted octanol–water partition coefficient (Wildman–Crippen LogP) is 7.77. The summed E-state index contributed by atoms with van der Waals surface area (Å²) in [7, 11) is 1.49. The van der Waals surface area contributed by atoms with Crippen molar-refractivity contribution in [2.75, 3.05) is 13.7 Å². The van der Waals surface area contributed by atoms with Crippen molar-refractivity contribution >= 4 is 12.0 Å². The lowest BCUT2D eigenvalue weighted by Crippen LogP contribution is -2.02. The topological polar surface area (TPSA) is 55.8 Å². The first-order valence-corrected chi connectivity index (χ1v) is 12.2. The Bertz CT molecular complexity index is 703. The number of unbranched alkanes of at least 4 members (excludes halogenated alkanes) is 9. The van der Waals surface area contributed by atoms with Gasteiger partial charge in [0, 0.05) is 6.08 Å². The summed E-state index contributed by atoms with van der Waals surface area (Å²) in [6.07, 6.45) is 26.5. The van der Waals surface area contributed by atoms with Crippen LogP contribution >= 0.6 is 0 Å². The summed E-state index contributed by atoms with van der Waals surface area (Å²) in [6, 6.07) is 4.92. The molecule has 1 aromatic rings. The molecule has 0 amide bonds. The quantitative estimate of drug-likeness (QED) is 0.109. The van der Waals surface area contributed by atoms with E-state index in [1.807, 2.05) is 0 Å². The Morgan fingerprint density at radius 2 is 1.56 bits per heavy atom. The van der Waals surface area contributed by atoms with Crippen LogP contribution in [0.4, 0.5) is 0 Å². The minimum Gasteiger partial charge on any atom is -0.504 e. The maximum Gasteiger partial charge on any atom is 0.330 e. The van der Waals surface area contributed by atoms with Crippen molar-refractivity contribution in [2.45, 2.75) is 84.0 Å². The van der Waals surface area contributed by atoms with E-state index in [1.54, 1.807) is 18.2 Å². The van der Waals surface area contributed by atoms with Gasteiger partial charge in [-0.05, 0) is 62.3 Å². The SMILES string of the molecule is CCCCC/C=C\C/C=C\CCCCCCCCOC(=O)/C=C/c1ccc(O)c(OC)c1. The molecule has 0 unspecified atom stereocenters. The van der Waals surface area contributed by atoms with E-state index in [1.165, 1.54) is 77.0 Å². The van der Waals surface area contributed by atoms with Crippen molar-refractivity contribution in [2.24, 2.45) is 0 Å². The molecule has 4 heteroatoms. The fourth-order valence-corrected chi connectivity index (χ4v) is 3.27. The number of carbonyl (C=O) groups excluding carboxylic acids is 1. The van der Waals surface area contributed by atoms with Gasteiger partial charge in [-0.1, -0.05) is 75.8 Å². The molecule has 178 valence electrons. The first kappa shape index (κ1) is 27.5. The third-order valence-corrected chi connectivity index (χ3v) is 5.20. The van der Waals surface area contributed by atoms with Gasteiger partial charge in [0.25, 0.3) is 0 Å². The predicted molar refractivity (Wildman–Crippen MR) is 134 cm³/mol. The smallest absolute Gasteiger partial charge is 0.330 e. The average molecular weight is 443 g/mol. The minimum absolute atomic E-state index is 0.0737. The van der Waals surface area contributed by atoms with Crippen LogP contribution in [0.3, 0.4) is 0 Å². The highest BCUT2D eigenvalue weighted by Crippen LogP contribution is 2.26. The van der Waals surface area contributed by atoms with Crippen molar-refractivity contribution < 1.29 is 19.4 Å². The monoisotopic (exact) mass is 442 g/mol. The van der Waals surface area contributed by atoms with E-state index in [9.17, 15) is 9.90 Å². The standard InChI is InChI=1S/C28H42O4/c1-3-4-5-6-7-8-9-10-11-12-13-14-15-16-17-18-23-32-28(30)22-20-25-19-21-26(29)27(24-25)31-2/h7-8,10-11,19-22,24,29H,3-6,9,12-18,23H2,1-2H3/b8-7-,11-10-,22-20+. The number of aromatic hydroxyl groups is 1. The van der Waals surface area contributed by atoms with E-state index in [4.69, 9.17) is 9.47 Å². The van der Waals surface area contributed by atoms with Crippen LogP contribution in [0.15, 0.2) is 48.6 Å². The van der Waals surface area contributed by atoms with Crippen molar-refractivity contribution in [3.8, 4) is 11.5 Å². The Hall–Kier alpha value is -2.49.